The highest BCUT2D eigenvalue weighted by molar-refractivity contribution is 7.14. The van der Waals surface area contributed by atoms with E-state index in [4.69, 9.17) is 5.11 Å². The van der Waals surface area contributed by atoms with Gasteiger partial charge in [0.2, 0.25) is 27.7 Å². The van der Waals surface area contributed by atoms with Gasteiger partial charge in [0.25, 0.3) is 0 Å². The summed E-state index contributed by atoms with van der Waals surface area (Å²) in [7, 11) is 0. The van der Waals surface area contributed by atoms with Gasteiger partial charge in [0.1, 0.15) is 0 Å². The molecule has 11 heteroatoms. The highest BCUT2D eigenvalue weighted by atomic mass is 32.1. The van der Waals surface area contributed by atoms with Gasteiger partial charge in [0.05, 0.1) is 15.3 Å². The zero-order valence-corrected chi connectivity index (χ0v) is 11.5. The van der Waals surface area contributed by atoms with Gasteiger partial charge < -0.3 is 5.11 Å². The molecular formula is C11HF7O2S2. The summed E-state index contributed by atoms with van der Waals surface area (Å²) in [5.74, 6) is -12.6. The second kappa shape index (κ2) is 5.72. The van der Waals surface area contributed by atoms with Crippen molar-refractivity contribution >= 4 is 34.2 Å². The molecule has 0 amide bonds. The van der Waals surface area contributed by atoms with E-state index in [9.17, 15) is 35.5 Å². The summed E-state index contributed by atoms with van der Waals surface area (Å²) in [5, 5.41) is 5.04. The monoisotopic (exact) mass is 362 g/mol. The van der Waals surface area contributed by atoms with Crippen molar-refractivity contribution in [1.82, 2.24) is 0 Å². The van der Waals surface area contributed by atoms with E-state index in [1.54, 1.807) is 0 Å². The number of rotatable bonds is 3. The minimum Gasteiger partial charge on any atom is -0.476 e. The number of carboxylic acids is 1. The van der Waals surface area contributed by atoms with Crippen LogP contribution in [0.1, 0.15) is 9.75 Å². The quantitative estimate of drug-likeness (QED) is 0.647. The second-order valence-corrected chi connectivity index (χ2v) is 5.60. The molecule has 2 nitrogen and oxygen atoms in total. The molecule has 0 aromatic carbocycles. The maximum Gasteiger partial charge on any atom is 0.365 e. The zero-order chi connectivity index (χ0) is 16.8. The molecule has 1 N–H and O–H groups in total. The van der Waals surface area contributed by atoms with Crippen LogP contribution in [-0.2, 0) is 4.79 Å². The van der Waals surface area contributed by atoms with E-state index >= 15 is 0 Å². The van der Waals surface area contributed by atoms with Gasteiger partial charge in [-0.3, -0.25) is 0 Å². The Morgan fingerprint density at radius 1 is 0.773 bits per heavy atom. The molecule has 2 rings (SSSR count). The van der Waals surface area contributed by atoms with Crippen LogP contribution in [0.3, 0.4) is 0 Å². The molecule has 0 bridgehead atoms. The molecule has 118 valence electrons. The molecule has 0 aliphatic heterocycles. The lowest BCUT2D eigenvalue weighted by Crippen LogP contribution is -2.01. The summed E-state index contributed by atoms with van der Waals surface area (Å²) in [6, 6.07) is 0. The van der Waals surface area contributed by atoms with Crippen molar-refractivity contribution in [2.24, 2.45) is 0 Å². The SMILES string of the molecule is O=C(O)C(F)=C(c1sc(F)c(F)c1F)c1sc(F)c(F)c1F. The van der Waals surface area contributed by atoms with E-state index in [2.05, 4.69) is 0 Å². The van der Waals surface area contributed by atoms with Gasteiger partial charge in [-0.15, -0.1) is 0 Å². The van der Waals surface area contributed by atoms with Crippen LogP contribution >= 0.6 is 22.7 Å². The van der Waals surface area contributed by atoms with E-state index in [0.717, 1.165) is 0 Å². The Kier molecular flexibility index (Phi) is 4.29. The van der Waals surface area contributed by atoms with Crippen molar-refractivity contribution in [1.29, 1.82) is 0 Å². The highest BCUT2D eigenvalue weighted by Gasteiger charge is 2.32. The maximum absolute atomic E-state index is 13.7. The first-order valence-corrected chi connectivity index (χ1v) is 6.70. The molecule has 0 unspecified atom stereocenters. The summed E-state index contributed by atoms with van der Waals surface area (Å²) in [4.78, 5) is 8.11. The topological polar surface area (TPSA) is 37.3 Å². The highest BCUT2D eigenvalue weighted by Crippen LogP contribution is 2.41. The molecule has 0 radical (unpaired) electrons. The third kappa shape index (κ3) is 2.50. The lowest BCUT2D eigenvalue weighted by molar-refractivity contribution is -0.134. The van der Waals surface area contributed by atoms with Crippen molar-refractivity contribution in [3.05, 3.63) is 49.1 Å². The van der Waals surface area contributed by atoms with Gasteiger partial charge in [-0.25, -0.2) is 13.6 Å². The van der Waals surface area contributed by atoms with Crippen molar-refractivity contribution in [2.75, 3.05) is 0 Å². The largest absolute Gasteiger partial charge is 0.476 e. The number of halogens is 7. The first kappa shape index (κ1) is 16.5. The minimum absolute atomic E-state index is 0.369. The van der Waals surface area contributed by atoms with E-state index in [-0.39, 0.29) is 22.7 Å². The Morgan fingerprint density at radius 3 is 1.36 bits per heavy atom. The Hall–Kier alpha value is -1.88. The first-order valence-electron chi connectivity index (χ1n) is 5.07. The molecule has 2 heterocycles. The number of hydrogen-bond donors (Lipinski definition) is 1. The van der Waals surface area contributed by atoms with Gasteiger partial charge in [-0.05, 0) is 0 Å². The van der Waals surface area contributed by atoms with Crippen molar-refractivity contribution < 1.29 is 40.6 Å². The zero-order valence-electron chi connectivity index (χ0n) is 9.82. The molecule has 0 spiro atoms. The Bertz CT molecular complexity index is 752. The second-order valence-electron chi connectivity index (χ2n) is 3.66. The summed E-state index contributed by atoms with van der Waals surface area (Å²) in [6.07, 6.45) is 0. The fraction of sp³-hybridized carbons (Fsp3) is 0. The van der Waals surface area contributed by atoms with E-state index in [1.165, 1.54) is 0 Å². The molecule has 2 aromatic heterocycles. The van der Waals surface area contributed by atoms with Crippen molar-refractivity contribution in [2.45, 2.75) is 0 Å². The number of aliphatic carboxylic acids is 1. The molecule has 0 saturated heterocycles. The van der Waals surface area contributed by atoms with Gasteiger partial charge in [0.15, 0.2) is 11.6 Å². The summed E-state index contributed by atoms with van der Waals surface area (Å²) in [6.45, 7) is 0. The third-order valence-corrected chi connectivity index (χ3v) is 4.27. The maximum atomic E-state index is 13.7. The number of carbonyl (C=O) groups is 1. The van der Waals surface area contributed by atoms with Crippen LogP contribution in [0.4, 0.5) is 30.7 Å². The number of hydrogen-bond acceptors (Lipinski definition) is 3. The molecule has 2 aromatic rings. The van der Waals surface area contributed by atoms with E-state index in [0.29, 0.717) is 0 Å². The first-order chi connectivity index (χ1) is 10.2. The van der Waals surface area contributed by atoms with E-state index in [1.807, 2.05) is 0 Å². The number of carboxylic acid groups (broad SMARTS) is 1. The molecule has 0 aliphatic carbocycles. The normalized spacial score (nSPS) is 10.9. The Balaban J connectivity index is 2.85. The predicted octanol–water partition coefficient (Wildman–Crippen LogP) is 4.46. The van der Waals surface area contributed by atoms with Crippen molar-refractivity contribution in [3.63, 3.8) is 0 Å². The lowest BCUT2D eigenvalue weighted by atomic mass is 10.1. The van der Waals surface area contributed by atoms with Crippen LogP contribution in [0.25, 0.3) is 5.57 Å². The smallest absolute Gasteiger partial charge is 0.365 e. The summed E-state index contributed by atoms with van der Waals surface area (Å²) >= 11 is -0.739. The fourth-order valence-electron chi connectivity index (χ4n) is 1.46. The molecule has 0 saturated carbocycles. The standard InChI is InChI=1S/C11HF7O2S2/c12-2(11(19)20)1(7-3(13)5(15)9(17)21-7)8-4(14)6(16)10(18)22-8/h(H,19,20). The molecule has 0 aliphatic rings. The van der Waals surface area contributed by atoms with Crippen LogP contribution in [0, 0.1) is 33.5 Å². The Labute approximate surface area is 124 Å². The van der Waals surface area contributed by atoms with Crippen LogP contribution < -0.4 is 0 Å². The van der Waals surface area contributed by atoms with E-state index < -0.39 is 60.7 Å². The van der Waals surface area contributed by atoms with Gasteiger partial charge in [-0.2, -0.15) is 22.0 Å². The average molecular weight is 362 g/mol. The number of thiophene rings is 2. The summed E-state index contributed by atoms with van der Waals surface area (Å²) in [5.41, 5.74) is -1.48. The Morgan fingerprint density at radius 2 is 1.14 bits per heavy atom. The lowest BCUT2D eigenvalue weighted by Gasteiger charge is -2.03. The van der Waals surface area contributed by atoms with Crippen LogP contribution in [0.5, 0.6) is 0 Å². The minimum atomic E-state index is -2.34. The van der Waals surface area contributed by atoms with Gasteiger partial charge in [-0.1, -0.05) is 22.7 Å². The third-order valence-electron chi connectivity index (χ3n) is 2.37. The molecule has 0 fully saturated rings. The van der Waals surface area contributed by atoms with Crippen LogP contribution in [0.15, 0.2) is 5.83 Å². The molecule has 0 atom stereocenters. The predicted molar refractivity (Wildman–Crippen MR) is 63.2 cm³/mol. The molecular weight excluding hydrogens is 361 g/mol. The van der Waals surface area contributed by atoms with Crippen molar-refractivity contribution in [3.8, 4) is 0 Å². The fourth-order valence-corrected chi connectivity index (χ4v) is 3.19. The van der Waals surface area contributed by atoms with Gasteiger partial charge >= 0.3 is 5.97 Å². The van der Waals surface area contributed by atoms with Crippen LogP contribution in [-0.4, -0.2) is 11.1 Å². The molecule has 22 heavy (non-hydrogen) atoms. The van der Waals surface area contributed by atoms with Gasteiger partial charge in [0, 0.05) is 0 Å². The van der Waals surface area contributed by atoms with Crippen LogP contribution in [0.2, 0.25) is 0 Å². The summed E-state index contributed by atoms with van der Waals surface area (Å²) < 4.78 is 92.7. The average Bonchev–Trinajstić information content (AvgIpc) is 2.85.